The minimum atomic E-state index is -1.11. The Morgan fingerprint density at radius 1 is 0.966 bits per heavy atom. The van der Waals surface area contributed by atoms with Crippen LogP contribution >= 0.6 is 0 Å². The molecule has 9 nitrogen and oxygen atoms in total. The van der Waals surface area contributed by atoms with Crippen molar-refractivity contribution in [2.75, 3.05) is 7.11 Å². The van der Waals surface area contributed by atoms with Crippen LogP contribution in [0.1, 0.15) is 40.5 Å². The van der Waals surface area contributed by atoms with E-state index in [1.165, 1.54) is 0 Å². The Morgan fingerprint density at radius 2 is 1.52 bits per heavy atom. The van der Waals surface area contributed by atoms with Crippen molar-refractivity contribution in [3.63, 3.8) is 0 Å². The Balaban J connectivity index is 2.80. The zero-order chi connectivity index (χ0) is 22.0. The van der Waals surface area contributed by atoms with Gasteiger partial charge in [-0.25, -0.2) is 9.59 Å². The van der Waals surface area contributed by atoms with Crippen molar-refractivity contribution in [2.45, 2.75) is 52.6 Å². The molecule has 0 saturated heterocycles. The van der Waals surface area contributed by atoms with Crippen molar-refractivity contribution in [1.29, 1.82) is 0 Å². The van der Waals surface area contributed by atoms with E-state index < -0.39 is 30.0 Å². The van der Waals surface area contributed by atoms with E-state index in [4.69, 9.17) is 4.74 Å². The maximum absolute atomic E-state index is 12.6. The summed E-state index contributed by atoms with van der Waals surface area (Å²) in [6, 6.07) is 3.93. The second kappa shape index (κ2) is 11.8. The molecule has 1 aromatic rings. The van der Waals surface area contributed by atoms with Crippen LogP contribution in [0.25, 0.3) is 0 Å². The number of ether oxygens (including phenoxy) is 1. The Kier molecular flexibility index (Phi) is 9.78. The van der Waals surface area contributed by atoms with Gasteiger partial charge < -0.3 is 20.5 Å². The fraction of sp³-hybridized carbons (Fsp3) is 0.550. The molecule has 3 N–H and O–H groups in total. The van der Waals surface area contributed by atoms with E-state index in [2.05, 4.69) is 20.9 Å². The maximum Gasteiger partial charge on any atom is 0.360 e. The molecule has 0 aliphatic carbocycles. The van der Waals surface area contributed by atoms with Gasteiger partial charge in [0.05, 0.1) is 12.8 Å². The number of carboxylic acid groups (broad SMARTS) is 1. The number of rotatable bonds is 10. The molecule has 0 aliphatic rings. The number of hydrogen-bond donors (Lipinski definition) is 3. The van der Waals surface area contributed by atoms with Gasteiger partial charge in [0.1, 0.15) is 17.8 Å². The topological polar surface area (TPSA) is 129 Å². The van der Waals surface area contributed by atoms with Crippen LogP contribution in [0.3, 0.4) is 0 Å². The van der Waals surface area contributed by atoms with Gasteiger partial charge in [-0.3, -0.25) is 4.79 Å². The van der Waals surface area contributed by atoms with Gasteiger partial charge in [-0.05, 0) is 48.9 Å². The van der Waals surface area contributed by atoms with E-state index in [1.807, 2.05) is 27.7 Å². The zero-order valence-electron chi connectivity index (χ0n) is 17.5. The summed E-state index contributed by atoms with van der Waals surface area (Å²) in [5.74, 6) is -0.831. The Hall–Kier alpha value is -2.97. The van der Waals surface area contributed by atoms with Gasteiger partial charge in [0.15, 0.2) is 0 Å². The maximum atomic E-state index is 12.6. The van der Waals surface area contributed by atoms with Gasteiger partial charge in [-0.1, -0.05) is 32.8 Å². The standard InChI is InChI=1S/C20H30N4O5/c1-12(2)10-16(18(25)21-17(19(26)27)11-13(3)4)22-20(28)24-23-14-6-8-15(29-5)9-7-14/h6-9,12-13,16-17H,10-11H2,1-5H3,(H,21,25)(H,22,28)(H,26,27)/t16-,17-/m0/s1. The van der Waals surface area contributed by atoms with Crippen LogP contribution in [0.15, 0.2) is 34.5 Å². The lowest BCUT2D eigenvalue weighted by Gasteiger charge is -2.22. The van der Waals surface area contributed by atoms with Gasteiger partial charge >= 0.3 is 12.0 Å². The van der Waals surface area contributed by atoms with Crippen molar-refractivity contribution in [3.8, 4) is 5.75 Å². The first-order valence-corrected chi connectivity index (χ1v) is 9.51. The average molecular weight is 406 g/mol. The van der Waals surface area contributed by atoms with Crippen LogP contribution in [0.5, 0.6) is 5.75 Å². The second-order valence-electron chi connectivity index (χ2n) is 7.56. The summed E-state index contributed by atoms with van der Waals surface area (Å²) in [6.07, 6.45) is 0.629. The molecule has 0 unspecified atom stereocenters. The minimum Gasteiger partial charge on any atom is -0.497 e. The van der Waals surface area contributed by atoms with Gasteiger partial charge in [0.25, 0.3) is 0 Å². The molecule has 0 bridgehead atoms. The molecule has 29 heavy (non-hydrogen) atoms. The highest BCUT2D eigenvalue weighted by molar-refractivity contribution is 5.90. The van der Waals surface area contributed by atoms with E-state index in [1.54, 1.807) is 31.4 Å². The second-order valence-corrected chi connectivity index (χ2v) is 7.56. The third kappa shape index (κ3) is 9.18. The van der Waals surface area contributed by atoms with E-state index in [0.717, 1.165) is 0 Å². The van der Waals surface area contributed by atoms with Crippen LogP contribution in [0, 0.1) is 11.8 Å². The summed E-state index contributed by atoms with van der Waals surface area (Å²) in [5.41, 5.74) is 0.452. The number of carbonyl (C=O) groups excluding carboxylic acids is 2. The predicted octanol–water partition coefficient (Wildman–Crippen LogP) is 3.52. The Morgan fingerprint density at radius 3 is 2.00 bits per heavy atom. The van der Waals surface area contributed by atoms with E-state index >= 15 is 0 Å². The monoisotopic (exact) mass is 406 g/mol. The number of methoxy groups -OCH3 is 1. The van der Waals surface area contributed by atoms with Crippen LogP contribution in [-0.2, 0) is 9.59 Å². The molecule has 0 aromatic heterocycles. The van der Waals surface area contributed by atoms with E-state index in [0.29, 0.717) is 24.3 Å². The fourth-order valence-corrected chi connectivity index (χ4v) is 2.60. The van der Waals surface area contributed by atoms with Gasteiger partial charge in [0, 0.05) is 0 Å². The number of benzene rings is 1. The Labute approximate surface area is 170 Å². The molecule has 0 heterocycles. The molecule has 160 valence electrons. The summed E-state index contributed by atoms with van der Waals surface area (Å²) < 4.78 is 5.05. The van der Waals surface area contributed by atoms with Crippen LogP contribution < -0.4 is 15.4 Å². The predicted molar refractivity (Wildman–Crippen MR) is 108 cm³/mol. The number of aliphatic carboxylic acids is 1. The number of carboxylic acids is 1. The molecule has 2 atom stereocenters. The smallest absolute Gasteiger partial charge is 0.360 e. The lowest BCUT2D eigenvalue weighted by molar-refractivity contribution is -0.142. The number of nitrogens with one attached hydrogen (secondary N) is 2. The normalized spacial score (nSPS) is 13.3. The first kappa shape index (κ1) is 24.1. The summed E-state index contributed by atoms with van der Waals surface area (Å²) >= 11 is 0. The Bertz CT molecular complexity index is 716. The molecule has 1 aromatic carbocycles. The third-order valence-corrected chi connectivity index (χ3v) is 3.97. The largest absolute Gasteiger partial charge is 0.497 e. The number of nitrogens with zero attached hydrogens (tertiary/aromatic N) is 2. The molecular formula is C20H30N4O5. The highest BCUT2D eigenvalue weighted by Crippen LogP contribution is 2.18. The third-order valence-electron chi connectivity index (χ3n) is 3.97. The molecule has 0 aliphatic heterocycles. The van der Waals surface area contributed by atoms with Crippen molar-refractivity contribution in [2.24, 2.45) is 22.1 Å². The summed E-state index contributed by atoms with van der Waals surface area (Å²) in [4.78, 5) is 36.1. The molecule has 1 rings (SSSR count). The van der Waals surface area contributed by atoms with Crippen molar-refractivity contribution in [3.05, 3.63) is 24.3 Å². The molecular weight excluding hydrogens is 376 g/mol. The average Bonchev–Trinajstić information content (AvgIpc) is 2.64. The molecule has 0 spiro atoms. The summed E-state index contributed by atoms with van der Waals surface area (Å²) in [7, 11) is 1.54. The first-order valence-electron chi connectivity index (χ1n) is 9.51. The number of hydrogen-bond acceptors (Lipinski definition) is 5. The lowest BCUT2D eigenvalue weighted by Crippen LogP contribution is -2.51. The van der Waals surface area contributed by atoms with Crippen molar-refractivity contribution < 1.29 is 24.2 Å². The number of amides is 3. The number of azo groups is 1. The quantitative estimate of drug-likeness (QED) is 0.512. The van der Waals surface area contributed by atoms with Crippen molar-refractivity contribution in [1.82, 2.24) is 10.6 Å². The van der Waals surface area contributed by atoms with Crippen LogP contribution in [-0.4, -0.2) is 42.2 Å². The fourth-order valence-electron chi connectivity index (χ4n) is 2.60. The van der Waals surface area contributed by atoms with Gasteiger partial charge in [0.2, 0.25) is 5.91 Å². The summed E-state index contributed by atoms with van der Waals surface area (Å²) in [6.45, 7) is 7.53. The minimum absolute atomic E-state index is 0.0906. The summed E-state index contributed by atoms with van der Waals surface area (Å²) in [5, 5.41) is 21.7. The molecule has 3 amide bonds. The van der Waals surface area contributed by atoms with E-state index in [9.17, 15) is 19.5 Å². The number of carbonyl (C=O) groups is 3. The highest BCUT2D eigenvalue weighted by atomic mass is 16.5. The lowest BCUT2D eigenvalue weighted by atomic mass is 10.0. The SMILES string of the molecule is COc1ccc(N=NC(=O)N[C@@H](CC(C)C)C(=O)N[C@@H](CC(C)C)C(=O)O)cc1. The van der Waals surface area contributed by atoms with Gasteiger partial charge in [-0.2, -0.15) is 0 Å². The highest BCUT2D eigenvalue weighted by Gasteiger charge is 2.27. The molecule has 0 radical (unpaired) electrons. The molecule has 9 heteroatoms. The van der Waals surface area contributed by atoms with Crippen molar-refractivity contribution >= 4 is 23.6 Å². The first-order chi connectivity index (χ1) is 13.6. The van der Waals surface area contributed by atoms with Crippen LogP contribution in [0.4, 0.5) is 10.5 Å². The zero-order valence-corrected chi connectivity index (χ0v) is 17.5. The van der Waals surface area contributed by atoms with Crippen LogP contribution in [0.2, 0.25) is 0 Å². The van der Waals surface area contributed by atoms with Gasteiger partial charge in [-0.15, -0.1) is 5.11 Å². The molecule has 0 fully saturated rings. The molecule has 0 saturated carbocycles. The number of urea groups is 1. The van der Waals surface area contributed by atoms with E-state index in [-0.39, 0.29) is 11.8 Å².